The Balaban J connectivity index is 1.28. The molecule has 0 amide bonds. The Hall–Kier alpha value is -2.11. The Bertz CT molecular complexity index is 2740. The highest BCUT2D eigenvalue weighted by atomic mass is 32.2. The number of fused-ring (bicyclic) bond motifs is 5. The number of anilines is 1. The molecule has 0 fully saturated rings. The topological polar surface area (TPSA) is 55.8 Å². The molecule has 5 aromatic rings. The number of benzene rings is 1. The normalized spacial score (nSPS) is 14.0. The van der Waals surface area contributed by atoms with Gasteiger partial charge in [-0.05, 0) is 94.4 Å². The van der Waals surface area contributed by atoms with E-state index in [0.29, 0.717) is 29.2 Å². The molecule has 94 heavy (non-hydrogen) atoms. The Labute approximate surface area is 595 Å². The molecule has 5 nitrogen and oxygen atoms in total. The van der Waals surface area contributed by atoms with Crippen LogP contribution in [0.5, 0.6) is 11.5 Å². The number of aryl methyl sites for hydroxylation is 2. The number of thiophene rings is 4. The number of rotatable bonds is 61. The zero-order valence-electron chi connectivity index (χ0n) is 62.1. The van der Waals surface area contributed by atoms with Crippen LogP contribution in [-0.4, -0.2) is 28.2 Å². The minimum Gasteiger partial charge on any atom is -0.491 e. The van der Waals surface area contributed by atoms with Gasteiger partial charge in [0, 0.05) is 36.8 Å². The van der Waals surface area contributed by atoms with E-state index in [2.05, 4.69) is 79.7 Å². The average Bonchev–Trinajstić information content (AvgIpc) is 1.55. The molecule has 1 aliphatic heterocycles. The van der Waals surface area contributed by atoms with E-state index in [1.807, 2.05) is 27.0 Å². The lowest BCUT2D eigenvalue weighted by atomic mass is 9.93. The van der Waals surface area contributed by atoms with Crippen LogP contribution in [0.1, 0.15) is 385 Å². The van der Waals surface area contributed by atoms with Crippen molar-refractivity contribution in [1.29, 1.82) is 0 Å². The summed E-state index contributed by atoms with van der Waals surface area (Å²) in [6, 6.07) is 9.02. The van der Waals surface area contributed by atoms with Crippen molar-refractivity contribution >= 4 is 81.2 Å². The summed E-state index contributed by atoms with van der Waals surface area (Å²) in [7, 11) is -3.83. The molecule has 1 aromatic carbocycles. The maximum atomic E-state index is 15.7. The lowest BCUT2D eigenvalue weighted by molar-refractivity contribution is 0.226. The summed E-state index contributed by atoms with van der Waals surface area (Å²) in [5.74, 6) is 3.39. The molecule has 0 radical (unpaired) electrons. The molecule has 3 atom stereocenters. The maximum absolute atomic E-state index is 15.7. The monoisotopic (exact) mass is 1390 g/mol. The van der Waals surface area contributed by atoms with Crippen LogP contribution in [0.2, 0.25) is 0 Å². The quantitative estimate of drug-likeness (QED) is 0.0364. The van der Waals surface area contributed by atoms with Gasteiger partial charge in [0.25, 0.3) is 10.0 Å². The average molecular weight is 1390 g/mol. The molecule has 0 saturated carbocycles. The van der Waals surface area contributed by atoms with E-state index in [9.17, 15) is 0 Å². The van der Waals surface area contributed by atoms with Crippen molar-refractivity contribution in [2.24, 2.45) is 17.8 Å². The molecule has 0 saturated heterocycles. The van der Waals surface area contributed by atoms with Crippen molar-refractivity contribution in [2.75, 3.05) is 24.1 Å². The molecule has 0 spiro atoms. The fourth-order valence-corrected chi connectivity index (χ4v) is 21.8. The van der Waals surface area contributed by atoms with Crippen molar-refractivity contribution in [1.82, 2.24) is 0 Å². The number of unbranched alkanes of at least 4 members (excludes halogenated alkanes) is 40. The molecule has 6 rings (SSSR count). The minimum absolute atomic E-state index is 0.336. The molecule has 10 heteroatoms. The lowest BCUT2D eigenvalue weighted by Gasteiger charge is -2.32. The van der Waals surface area contributed by atoms with E-state index in [1.54, 1.807) is 22.7 Å². The molecule has 0 N–H and O–H groups in total. The number of hydrogen-bond donors (Lipinski definition) is 0. The summed E-state index contributed by atoms with van der Waals surface area (Å²) in [4.78, 5) is 7.18. The predicted molar refractivity (Wildman–Crippen MR) is 423 cm³/mol. The van der Waals surface area contributed by atoms with Crippen LogP contribution in [0.4, 0.5) is 5.69 Å². The maximum Gasteiger partial charge on any atom is 0.265 e. The van der Waals surface area contributed by atoms with E-state index < -0.39 is 10.0 Å². The van der Waals surface area contributed by atoms with Crippen LogP contribution < -0.4 is 13.8 Å². The first-order valence-corrected chi connectivity index (χ1v) is 45.3. The summed E-state index contributed by atoms with van der Waals surface area (Å²) in [5.41, 5.74) is 0.915. The first-order chi connectivity index (χ1) is 46.1. The third kappa shape index (κ3) is 28.5. The summed E-state index contributed by atoms with van der Waals surface area (Å²) in [5, 5.41) is 2.32. The standard InChI is InChI=1S/C84H141NO4S5/c1-9-15-21-27-31-33-35-37-38-40-42-44-48-52-56-70(55-51-47-43-41-39-36-34-32-28-22-16-10-2)65-85-75-62-69(8)91-83(75)84-78(94(85,86)87)64-77(93-84)76-63-74-80(89-67-72(58-50-26-20-14-6)60-54-46-30-24-18-12-4)81-73(61-68(7)90-81)79(82(74)92-76)88-66-71(57-49-25-19-13-5)59-53-45-29-23-17-11-3/h61-64,70-72H,9-60,65-67H2,1-8H3. The van der Waals surface area contributed by atoms with Gasteiger partial charge in [-0.1, -0.05) is 337 Å². The van der Waals surface area contributed by atoms with Gasteiger partial charge in [0.15, 0.2) is 0 Å². The smallest absolute Gasteiger partial charge is 0.265 e. The summed E-state index contributed by atoms with van der Waals surface area (Å²) < 4.78 is 50.4. The van der Waals surface area contributed by atoms with Gasteiger partial charge in [-0.15, -0.1) is 45.3 Å². The Morgan fingerprint density at radius 2 is 0.649 bits per heavy atom. The Morgan fingerprint density at radius 1 is 0.340 bits per heavy atom. The van der Waals surface area contributed by atoms with E-state index in [-0.39, 0.29) is 0 Å². The van der Waals surface area contributed by atoms with Crippen LogP contribution in [-0.2, 0) is 10.0 Å². The third-order valence-corrected chi connectivity index (χ3v) is 27.6. The largest absolute Gasteiger partial charge is 0.491 e. The second kappa shape index (κ2) is 48.6. The first-order valence-electron chi connectivity index (χ1n) is 40.6. The third-order valence-electron chi connectivity index (χ3n) is 21.0. The lowest BCUT2D eigenvalue weighted by Crippen LogP contribution is -2.37. The molecule has 536 valence electrons. The number of ether oxygens (including phenoxy) is 2. The van der Waals surface area contributed by atoms with Gasteiger partial charge in [-0.3, -0.25) is 4.31 Å². The van der Waals surface area contributed by atoms with Gasteiger partial charge in [-0.25, -0.2) is 8.42 Å². The molecule has 0 bridgehead atoms. The van der Waals surface area contributed by atoms with Crippen molar-refractivity contribution in [2.45, 2.75) is 394 Å². The fraction of sp³-hybridized carbons (Fsp3) is 0.786. The summed E-state index contributed by atoms with van der Waals surface area (Å²) in [6.45, 7) is 20.3. The number of nitrogens with zero attached hydrogens (tertiary/aromatic N) is 1. The Kier molecular flexibility index (Phi) is 41.8. The van der Waals surface area contributed by atoms with Crippen LogP contribution in [0.15, 0.2) is 29.2 Å². The highest BCUT2D eigenvalue weighted by Gasteiger charge is 2.40. The van der Waals surface area contributed by atoms with Crippen molar-refractivity contribution in [3.8, 4) is 31.0 Å². The van der Waals surface area contributed by atoms with E-state index in [4.69, 9.17) is 9.47 Å². The fourth-order valence-electron chi connectivity index (χ4n) is 15.0. The van der Waals surface area contributed by atoms with Crippen LogP contribution in [0.25, 0.3) is 39.7 Å². The highest BCUT2D eigenvalue weighted by molar-refractivity contribution is 7.93. The van der Waals surface area contributed by atoms with Crippen LogP contribution >= 0.6 is 45.3 Å². The zero-order valence-corrected chi connectivity index (χ0v) is 66.1. The SMILES string of the molecule is CCCCCCCCCCCCCCCCC(CCCCCCCCCCCCCC)CN1c2cc(C)sc2-c2sc(-c3cc4c(OCC(CCCCCC)CCCCCCCC)c5sc(C)cc5c(OCC(CCCCCC)CCCCCCCC)c4s3)cc2S1(=O)=O. The molecule has 4 aromatic heterocycles. The molecule has 5 heterocycles. The van der Waals surface area contributed by atoms with E-state index in [1.165, 1.54) is 341 Å². The number of sulfonamides is 1. The van der Waals surface area contributed by atoms with Gasteiger partial charge < -0.3 is 9.47 Å². The van der Waals surface area contributed by atoms with Gasteiger partial charge >= 0.3 is 0 Å². The van der Waals surface area contributed by atoms with Crippen LogP contribution in [0.3, 0.4) is 0 Å². The van der Waals surface area contributed by atoms with Gasteiger partial charge in [0.05, 0.1) is 38.1 Å². The van der Waals surface area contributed by atoms with Crippen molar-refractivity contribution in [3.63, 3.8) is 0 Å². The second-order valence-electron chi connectivity index (χ2n) is 29.6. The molecule has 0 aliphatic carbocycles. The Morgan fingerprint density at radius 3 is 1.03 bits per heavy atom. The summed E-state index contributed by atoms with van der Waals surface area (Å²) >= 11 is 7.15. The van der Waals surface area contributed by atoms with Crippen molar-refractivity contribution in [3.05, 3.63) is 34.0 Å². The first kappa shape index (κ1) is 80.9. The van der Waals surface area contributed by atoms with E-state index in [0.717, 1.165) is 72.8 Å². The zero-order chi connectivity index (χ0) is 66.9. The predicted octanol–water partition coefficient (Wildman–Crippen LogP) is 30.7. The van der Waals surface area contributed by atoms with Crippen LogP contribution in [0, 0.1) is 31.6 Å². The van der Waals surface area contributed by atoms with E-state index >= 15 is 8.42 Å². The summed E-state index contributed by atoms with van der Waals surface area (Å²) in [6.07, 6.45) is 68.2. The van der Waals surface area contributed by atoms with Crippen molar-refractivity contribution < 1.29 is 17.9 Å². The molecular weight excluding hydrogens is 1250 g/mol. The number of hydrogen-bond acceptors (Lipinski definition) is 8. The molecular formula is C84H141NO4S5. The molecule has 1 aliphatic rings. The highest BCUT2D eigenvalue weighted by Crippen LogP contribution is 2.56. The van der Waals surface area contributed by atoms with Gasteiger partial charge in [-0.2, -0.15) is 0 Å². The second-order valence-corrected chi connectivity index (χ2v) is 36.1. The minimum atomic E-state index is -3.83. The van der Waals surface area contributed by atoms with Gasteiger partial charge in [0.1, 0.15) is 16.4 Å². The molecule has 3 unspecified atom stereocenters. The van der Waals surface area contributed by atoms with Gasteiger partial charge in [0.2, 0.25) is 0 Å².